The summed E-state index contributed by atoms with van der Waals surface area (Å²) < 4.78 is 0. The second-order valence-corrected chi connectivity index (χ2v) is 12.6. The van der Waals surface area contributed by atoms with Crippen LogP contribution in [0.3, 0.4) is 0 Å². The summed E-state index contributed by atoms with van der Waals surface area (Å²) in [4.78, 5) is 0. The molecule has 2 aromatic rings. The molecule has 4 N–H and O–H groups in total. The van der Waals surface area contributed by atoms with Gasteiger partial charge in [-0.05, 0) is 133 Å². The molecule has 0 bridgehead atoms. The van der Waals surface area contributed by atoms with Crippen LogP contribution in [0.25, 0.3) is 16.3 Å². The van der Waals surface area contributed by atoms with Gasteiger partial charge in [-0.2, -0.15) is 0 Å². The van der Waals surface area contributed by atoms with Crippen molar-refractivity contribution < 1.29 is 0 Å². The average molecular weight is 557 g/mol. The third-order valence-electron chi connectivity index (χ3n) is 10.1. The highest BCUT2D eigenvalue weighted by Gasteiger charge is 2.35. The van der Waals surface area contributed by atoms with E-state index in [1.54, 1.807) is 22.3 Å². The number of unbranched alkanes of at least 4 members (excludes halogenated alkanes) is 1. The average Bonchev–Trinajstić information content (AvgIpc) is 3.06. The molecular weight excluding hydrogens is 508 g/mol. The lowest BCUT2D eigenvalue weighted by Gasteiger charge is -2.39. The van der Waals surface area contributed by atoms with Crippen LogP contribution < -0.4 is 11.5 Å². The summed E-state index contributed by atoms with van der Waals surface area (Å²) in [6.07, 6.45) is 35.7. The molecule has 0 spiro atoms. The smallest absolute Gasteiger partial charge is 0.0255 e. The number of rotatable bonds is 9. The number of nitrogens with two attached hydrogens (primary N) is 2. The summed E-state index contributed by atoms with van der Waals surface area (Å²) in [5.74, 6) is 1.74. The van der Waals surface area contributed by atoms with Crippen LogP contribution in [-0.2, 0) is 0 Å². The van der Waals surface area contributed by atoms with Gasteiger partial charge < -0.3 is 11.5 Å². The quantitative estimate of drug-likeness (QED) is 0.239. The van der Waals surface area contributed by atoms with E-state index in [-0.39, 0.29) is 6.04 Å². The molecule has 0 amide bonds. The van der Waals surface area contributed by atoms with Gasteiger partial charge in [-0.25, -0.2) is 0 Å². The Morgan fingerprint density at radius 1 is 0.810 bits per heavy atom. The maximum Gasteiger partial charge on any atom is 0.0255 e. The molecule has 0 aliphatic heterocycles. The predicted molar refractivity (Wildman–Crippen MR) is 181 cm³/mol. The van der Waals surface area contributed by atoms with Crippen molar-refractivity contribution in [3.63, 3.8) is 0 Å². The van der Waals surface area contributed by atoms with Crippen molar-refractivity contribution in [2.24, 2.45) is 23.3 Å². The topological polar surface area (TPSA) is 52.0 Å². The minimum absolute atomic E-state index is 0.147. The Hall–Kier alpha value is -3.20. The molecule has 4 aliphatic carbocycles. The van der Waals surface area contributed by atoms with Crippen molar-refractivity contribution in [3.05, 3.63) is 125 Å². The molecule has 218 valence electrons. The van der Waals surface area contributed by atoms with Crippen molar-refractivity contribution in [3.8, 4) is 0 Å². The molecule has 2 aromatic carbocycles. The molecule has 2 heteroatoms. The first-order valence-corrected chi connectivity index (χ1v) is 16.5. The minimum atomic E-state index is 0.147. The van der Waals surface area contributed by atoms with Crippen LogP contribution in [0.4, 0.5) is 0 Å². The Morgan fingerprint density at radius 2 is 1.69 bits per heavy atom. The monoisotopic (exact) mass is 556 g/mol. The van der Waals surface area contributed by atoms with Crippen molar-refractivity contribution in [2.45, 2.75) is 82.6 Å². The number of hydrogen-bond donors (Lipinski definition) is 2. The summed E-state index contributed by atoms with van der Waals surface area (Å²) in [5, 5.41) is 2.89. The SMILES string of the molecule is NC/C=C\CC/C=C\C(N)C1CC=C(C2=C3C=CCCC3C(c3ccc(C4=CC=CCC4)c4ccccc34)CC2)CC1. The molecule has 0 saturated heterocycles. The van der Waals surface area contributed by atoms with Crippen molar-refractivity contribution >= 4 is 16.3 Å². The minimum Gasteiger partial charge on any atom is -0.327 e. The molecule has 0 saturated carbocycles. The zero-order chi connectivity index (χ0) is 28.7. The number of hydrogen-bond acceptors (Lipinski definition) is 2. The fraction of sp³-hybridized carbons (Fsp3) is 0.400. The first-order chi connectivity index (χ1) is 20.7. The number of benzene rings is 2. The summed E-state index contributed by atoms with van der Waals surface area (Å²) >= 11 is 0. The van der Waals surface area contributed by atoms with Gasteiger partial charge in [0.15, 0.2) is 0 Å². The van der Waals surface area contributed by atoms with Gasteiger partial charge in [0.25, 0.3) is 0 Å². The van der Waals surface area contributed by atoms with Crippen LogP contribution in [0.15, 0.2) is 114 Å². The summed E-state index contributed by atoms with van der Waals surface area (Å²) in [6.45, 7) is 0.621. The lowest BCUT2D eigenvalue weighted by molar-refractivity contribution is 0.398. The molecule has 6 rings (SSSR count). The van der Waals surface area contributed by atoms with Crippen LogP contribution in [0, 0.1) is 11.8 Å². The van der Waals surface area contributed by atoms with Crippen LogP contribution in [0.2, 0.25) is 0 Å². The normalized spacial score (nSPS) is 25.2. The third-order valence-corrected chi connectivity index (χ3v) is 10.1. The molecule has 4 unspecified atom stereocenters. The first kappa shape index (κ1) is 28.9. The van der Waals surface area contributed by atoms with E-state index in [1.165, 1.54) is 54.0 Å². The Labute approximate surface area is 253 Å². The Morgan fingerprint density at radius 3 is 2.50 bits per heavy atom. The molecule has 0 heterocycles. The molecule has 0 radical (unpaired) electrons. The van der Waals surface area contributed by atoms with E-state index in [2.05, 4.69) is 91.1 Å². The predicted octanol–water partition coefficient (Wildman–Crippen LogP) is 9.62. The highest BCUT2D eigenvalue weighted by molar-refractivity contribution is 5.96. The molecule has 0 aromatic heterocycles. The van der Waals surface area contributed by atoms with E-state index in [1.807, 2.05) is 6.08 Å². The van der Waals surface area contributed by atoms with Gasteiger partial charge in [0.1, 0.15) is 0 Å². The molecule has 42 heavy (non-hydrogen) atoms. The van der Waals surface area contributed by atoms with E-state index in [0.717, 1.165) is 38.5 Å². The van der Waals surface area contributed by atoms with Gasteiger partial charge >= 0.3 is 0 Å². The van der Waals surface area contributed by atoms with Crippen LogP contribution >= 0.6 is 0 Å². The largest absolute Gasteiger partial charge is 0.327 e. The number of allylic oxidation sites excluding steroid dienone is 12. The van der Waals surface area contributed by atoms with E-state index in [4.69, 9.17) is 11.5 Å². The summed E-state index contributed by atoms with van der Waals surface area (Å²) in [6, 6.07) is 14.2. The fourth-order valence-electron chi connectivity index (χ4n) is 7.92. The zero-order valence-corrected chi connectivity index (χ0v) is 25.2. The van der Waals surface area contributed by atoms with Gasteiger partial charge in [-0.15, -0.1) is 0 Å². The first-order valence-electron chi connectivity index (χ1n) is 16.5. The van der Waals surface area contributed by atoms with Gasteiger partial charge in [0.2, 0.25) is 0 Å². The van der Waals surface area contributed by atoms with E-state index < -0.39 is 0 Å². The highest BCUT2D eigenvalue weighted by atomic mass is 14.6. The summed E-state index contributed by atoms with van der Waals surface area (Å²) in [5.41, 5.74) is 21.5. The zero-order valence-electron chi connectivity index (χ0n) is 25.2. The molecule has 2 nitrogen and oxygen atoms in total. The molecule has 4 aliphatic rings. The van der Waals surface area contributed by atoms with Crippen molar-refractivity contribution in [1.82, 2.24) is 0 Å². The Bertz CT molecular complexity index is 1480. The van der Waals surface area contributed by atoms with Gasteiger partial charge in [-0.3, -0.25) is 0 Å². The van der Waals surface area contributed by atoms with E-state index in [9.17, 15) is 0 Å². The van der Waals surface area contributed by atoms with Crippen LogP contribution in [0.5, 0.6) is 0 Å². The second-order valence-electron chi connectivity index (χ2n) is 12.6. The molecule has 0 fully saturated rings. The van der Waals surface area contributed by atoms with Crippen LogP contribution in [0.1, 0.15) is 87.7 Å². The van der Waals surface area contributed by atoms with Gasteiger partial charge in [0, 0.05) is 12.6 Å². The van der Waals surface area contributed by atoms with Crippen LogP contribution in [-0.4, -0.2) is 12.6 Å². The highest BCUT2D eigenvalue weighted by Crippen LogP contribution is 2.50. The maximum absolute atomic E-state index is 6.62. The van der Waals surface area contributed by atoms with Crippen molar-refractivity contribution in [2.75, 3.05) is 6.54 Å². The van der Waals surface area contributed by atoms with Gasteiger partial charge in [0.05, 0.1) is 0 Å². The van der Waals surface area contributed by atoms with E-state index in [0.29, 0.717) is 24.3 Å². The molecular formula is C40H48N2. The lowest BCUT2D eigenvalue weighted by atomic mass is 9.65. The third kappa shape index (κ3) is 6.26. The standard InChI is InChI=1S/C40H48N2/c41-28-12-3-1-2-7-19-40(42)31-22-20-30(21-23-31)33-25-27-39(37-18-11-9-16-35(33)37)38-26-24-32(29-13-5-4-6-14-29)34-15-8-10-17-36(34)38/h3-5,7-10,12-13,15-17,19-20,24,26,31,37,39-40H,1-2,6,11,14,18,21-23,25,27-28,41-42H2/b12-3-,19-7-. The number of fused-ring (bicyclic) bond motifs is 2. The maximum atomic E-state index is 6.62. The Balaban J connectivity index is 1.22. The lowest BCUT2D eigenvalue weighted by Crippen LogP contribution is -2.30. The van der Waals surface area contributed by atoms with Crippen molar-refractivity contribution in [1.29, 1.82) is 0 Å². The summed E-state index contributed by atoms with van der Waals surface area (Å²) in [7, 11) is 0. The van der Waals surface area contributed by atoms with Gasteiger partial charge in [-0.1, -0.05) is 97.2 Å². The van der Waals surface area contributed by atoms with E-state index >= 15 is 0 Å². The fourth-order valence-corrected chi connectivity index (χ4v) is 7.92. The molecule has 4 atom stereocenters. The Kier molecular flexibility index (Phi) is 9.53. The second kappa shape index (κ2) is 13.8.